The number of rotatable bonds is 3. The Morgan fingerprint density at radius 1 is 1.32 bits per heavy atom. The van der Waals surface area contributed by atoms with E-state index in [2.05, 4.69) is 0 Å². The summed E-state index contributed by atoms with van der Waals surface area (Å²) in [6, 6.07) is 0. The number of esters is 1. The fraction of sp³-hybridized carbons (Fsp3) is 0.708. The van der Waals surface area contributed by atoms with Gasteiger partial charge >= 0.3 is 5.97 Å². The van der Waals surface area contributed by atoms with Gasteiger partial charge in [-0.2, -0.15) is 0 Å². The summed E-state index contributed by atoms with van der Waals surface area (Å²) >= 11 is 0. The Morgan fingerprint density at radius 3 is 2.61 bits per heavy atom. The minimum absolute atomic E-state index is 0.0421. The summed E-state index contributed by atoms with van der Waals surface area (Å²) < 4.78 is 20.5. The van der Waals surface area contributed by atoms with Crippen LogP contribution in [0.4, 0.5) is 4.39 Å². The van der Waals surface area contributed by atoms with Crippen LogP contribution in [-0.2, 0) is 19.1 Å². The van der Waals surface area contributed by atoms with Crippen molar-refractivity contribution in [1.29, 1.82) is 0 Å². The minimum Gasteiger partial charge on any atom is -0.450 e. The number of aliphatic hydroxyl groups excluding tert-OH is 2. The van der Waals surface area contributed by atoms with Crippen molar-refractivity contribution in [2.75, 3.05) is 6.61 Å². The lowest BCUT2D eigenvalue weighted by atomic mass is 9.46. The van der Waals surface area contributed by atoms with Gasteiger partial charge in [0.2, 0.25) is 11.6 Å². The van der Waals surface area contributed by atoms with Gasteiger partial charge in [0.15, 0.2) is 11.4 Å². The summed E-state index contributed by atoms with van der Waals surface area (Å²) in [5, 5.41) is 21.2. The molecule has 2 N–H and O–H groups in total. The molecule has 6 nitrogen and oxygen atoms in total. The fourth-order valence-corrected chi connectivity index (χ4v) is 7.94. The molecule has 8 atom stereocenters. The van der Waals surface area contributed by atoms with Crippen LogP contribution < -0.4 is 0 Å². The second kappa shape index (κ2) is 7.07. The Morgan fingerprint density at radius 2 is 2.00 bits per heavy atom. The molecule has 0 radical (unpaired) electrons. The van der Waals surface area contributed by atoms with Gasteiger partial charge in [-0.3, -0.25) is 14.4 Å². The van der Waals surface area contributed by atoms with Crippen LogP contribution in [0, 0.1) is 34.5 Å². The molecular formula is C24H31FO6. The molecule has 0 aromatic carbocycles. The van der Waals surface area contributed by atoms with Crippen LogP contribution in [-0.4, -0.2) is 46.1 Å². The highest BCUT2D eigenvalue weighted by Crippen LogP contribution is 2.69. The van der Waals surface area contributed by atoms with E-state index in [-0.39, 0.29) is 30.1 Å². The van der Waals surface area contributed by atoms with Crippen molar-refractivity contribution in [1.82, 2.24) is 0 Å². The zero-order chi connectivity index (χ0) is 22.9. The van der Waals surface area contributed by atoms with Crippen molar-refractivity contribution in [3.05, 3.63) is 23.6 Å². The number of aliphatic hydroxyl groups is 2. The largest absolute Gasteiger partial charge is 0.450 e. The summed E-state index contributed by atoms with van der Waals surface area (Å²) in [5.74, 6) is -3.22. The lowest BCUT2D eigenvalue weighted by Gasteiger charge is -2.59. The molecule has 4 aliphatic rings. The summed E-state index contributed by atoms with van der Waals surface area (Å²) in [6.07, 6.45) is 3.88. The molecule has 0 saturated heterocycles. The molecule has 31 heavy (non-hydrogen) atoms. The van der Waals surface area contributed by atoms with Crippen LogP contribution in [0.1, 0.15) is 53.4 Å². The van der Waals surface area contributed by atoms with Gasteiger partial charge in [-0.1, -0.05) is 26.8 Å². The maximum absolute atomic E-state index is 14.7. The predicted molar refractivity (Wildman–Crippen MR) is 109 cm³/mol. The third-order valence-corrected chi connectivity index (χ3v) is 8.99. The first-order valence-corrected chi connectivity index (χ1v) is 11.1. The molecule has 170 valence electrons. The molecule has 3 fully saturated rings. The molecule has 0 bridgehead atoms. The number of ketones is 2. The number of ether oxygens (including phenoxy) is 1. The Kier molecular flexibility index (Phi) is 5.10. The molecule has 0 aliphatic heterocycles. The maximum atomic E-state index is 14.7. The van der Waals surface area contributed by atoms with Crippen LogP contribution in [0.5, 0.6) is 0 Å². The number of halogens is 1. The SMILES string of the molecule is CC(=O)O[C@]1(C(=O)CO)[C@@H](C)C[C@H]2[C@@H]3CCC4=C(F)C(=O)C=C[C@]4(C)[C@H]3[C@@H](O)C[C@@]21C. The molecule has 3 saturated carbocycles. The third-order valence-electron chi connectivity index (χ3n) is 8.99. The predicted octanol–water partition coefficient (Wildman–Crippen LogP) is 2.67. The zero-order valence-corrected chi connectivity index (χ0v) is 18.5. The van der Waals surface area contributed by atoms with E-state index < -0.39 is 52.5 Å². The molecule has 0 aromatic heterocycles. The van der Waals surface area contributed by atoms with Gasteiger partial charge in [-0.25, -0.2) is 4.39 Å². The highest BCUT2D eigenvalue weighted by Gasteiger charge is 2.72. The Labute approximate surface area is 181 Å². The van der Waals surface area contributed by atoms with E-state index in [0.29, 0.717) is 24.8 Å². The van der Waals surface area contributed by atoms with Gasteiger partial charge in [0.05, 0.1) is 6.10 Å². The number of carbonyl (C=O) groups excluding carboxylic acids is 3. The molecule has 4 aliphatic carbocycles. The van der Waals surface area contributed by atoms with Gasteiger partial charge in [-0.15, -0.1) is 0 Å². The highest BCUT2D eigenvalue weighted by molar-refractivity contribution is 6.04. The number of carbonyl (C=O) groups is 3. The minimum atomic E-state index is -1.51. The van der Waals surface area contributed by atoms with Crippen molar-refractivity contribution in [3.8, 4) is 0 Å². The van der Waals surface area contributed by atoms with Crippen LogP contribution >= 0.6 is 0 Å². The summed E-state index contributed by atoms with van der Waals surface area (Å²) in [4.78, 5) is 37.0. The average molecular weight is 435 g/mol. The molecule has 7 heteroatoms. The number of fused-ring (bicyclic) bond motifs is 5. The summed E-state index contributed by atoms with van der Waals surface area (Å²) in [6.45, 7) is 6.12. The van der Waals surface area contributed by atoms with E-state index in [1.165, 1.54) is 13.0 Å². The fourth-order valence-electron chi connectivity index (χ4n) is 7.94. The monoisotopic (exact) mass is 434 g/mol. The maximum Gasteiger partial charge on any atom is 0.303 e. The van der Waals surface area contributed by atoms with Crippen molar-refractivity contribution in [2.24, 2.45) is 34.5 Å². The van der Waals surface area contributed by atoms with E-state index in [1.54, 1.807) is 6.08 Å². The van der Waals surface area contributed by atoms with E-state index in [1.807, 2.05) is 20.8 Å². The van der Waals surface area contributed by atoms with E-state index in [9.17, 15) is 29.0 Å². The molecule has 0 amide bonds. The lowest BCUT2D eigenvalue weighted by Crippen LogP contribution is -2.64. The lowest BCUT2D eigenvalue weighted by molar-refractivity contribution is -0.204. The van der Waals surface area contributed by atoms with Crippen molar-refractivity contribution in [2.45, 2.75) is 65.1 Å². The smallest absolute Gasteiger partial charge is 0.303 e. The van der Waals surface area contributed by atoms with E-state index >= 15 is 0 Å². The Balaban J connectivity index is 1.82. The molecule has 0 spiro atoms. The molecular weight excluding hydrogens is 403 g/mol. The van der Waals surface area contributed by atoms with Crippen molar-refractivity contribution < 1.29 is 33.7 Å². The number of Topliss-reactive ketones (excluding diaryl/α,β-unsaturated/α-hetero) is 1. The standard InChI is InChI=1S/C24H31FO6/c1-12-9-16-14-5-6-15-21(25)17(28)7-8-22(15,3)20(14)18(29)10-23(16,4)24(12,19(30)11-26)31-13(2)27/h7-8,12,14,16,18,20,26,29H,5-6,9-11H2,1-4H3/t12-,14-,16-,18-,20+,22-,23-,24-/m0/s1. The first-order valence-electron chi connectivity index (χ1n) is 11.1. The molecule has 0 heterocycles. The van der Waals surface area contributed by atoms with Crippen molar-refractivity contribution in [3.63, 3.8) is 0 Å². The summed E-state index contributed by atoms with van der Waals surface area (Å²) in [7, 11) is 0. The summed E-state index contributed by atoms with van der Waals surface area (Å²) in [5.41, 5.74) is -2.70. The highest BCUT2D eigenvalue weighted by atomic mass is 19.1. The number of allylic oxidation sites excluding steroid dienone is 4. The van der Waals surface area contributed by atoms with Crippen molar-refractivity contribution >= 4 is 17.5 Å². The van der Waals surface area contributed by atoms with Gasteiger partial charge in [0.1, 0.15) is 6.61 Å². The van der Waals surface area contributed by atoms with Crippen LogP contribution in [0.25, 0.3) is 0 Å². The van der Waals surface area contributed by atoms with E-state index in [4.69, 9.17) is 4.74 Å². The van der Waals surface area contributed by atoms with Gasteiger partial charge in [0, 0.05) is 29.6 Å². The van der Waals surface area contributed by atoms with Crippen LogP contribution in [0.15, 0.2) is 23.6 Å². The Hall–Kier alpha value is -1.86. The first-order chi connectivity index (χ1) is 14.4. The van der Waals surface area contributed by atoms with Gasteiger partial charge < -0.3 is 14.9 Å². The van der Waals surface area contributed by atoms with E-state index in [0.717, 1.165) is 0 Å². The molecule has 0 aromatic rings. The normalized spacial score (nSPS) is 46.3. The van der Waals surface area contributed by atoms with Crippen LogP contribution in [0.2, 0.25) is 0 Å². The quantitative estimate of drug-likeness (QED) is 0.663. The molecule has 4 rings (SSSR count). The second-order valence-corrected chi connectivity index (χ2v) is 10.3. The molecule has 0 unspecified atom stereocenters. The average Bonchev–Trinajstić information content (AvgIpc) is 2.91. The second-order valence-electron chi connectivity index (χ2n) is 10.3. The van der Waals surface area contributed by atoms with Gasteiger partial charge in [-0.05, 0) is 49.2 Å². The number of hydrogen-bond donors (Lipinski definition) is 2. The van der Waals surface area contributed by atoms with Crippen LogP contribution in [0.3, 0.4) is 0 Å². The topological polar surface area (TPSA) is 101 Å². The third kappa shape index (κ3) is 2.72. The number of hydrogen-bond acceptors (Lipinski definition) is 6. The van der Waals surface area contributed by atoms with Gasteiger partial charge in [0.25, 0.3) is 0 Å². The Bertz CT molecular complexity index is 908. The first kappa shape index (κ1) is 22.3. The zero-order valence-electron chi connectivity index (χ0n) is 18.5.